The number of carboxylic acid groups (broad SMARTS) is 1. The van der Waals surface area contributed by atoms with Crippen LogP contribution in [0.2, 0.25) is 0 Å². The second-order valence-electron chi connectivity index (χ2n) is 6.40. The van der Waals surface area contributed by atoms with E-state index in [2.05, 4.69) is 4.89 Å². The Balaban J connectivity index is -0.000000735. The summed E-state index contributed by atoms with van der Waals surface area (Å²) in [5.41, 5.74) is 1.34. The topological polar surface area (TPSA) is 137 Å². The first-order valence-electron chi connectivity index (χ1n) is 9.17. The molecule has 0 amide bonds. The third-order valence-electron chi connectivity index (χ3n) is 3.56. The van der Waals surface area contributed by atoms with Gasteiger partial charge in [-0.05, 0) is 42.4 Å². The second kappa shape index (κ2) is 18.6. The molecule has 0 heterocycles. The summed E-state index contributed by atoms with van der Waals surface area (Å²) >= 11 is 0. The fourth-order valence-corrected chi connectivity index (χ4v) is 2.87. The average Bonchev–Trinajstić information content (AvgIpc) is 2.56. The van der Waals surface area contributed by atoms with Gasteiger partial charge in [-0.1, -0.05) is 40.7 Å². The van der Waals surface area contributed by atoms with Crippen LogP contribution >= 0.6 is 8.60 Å². The summed E-state index contributed by atoms with van der Waals surface area (Å²) < 4.78 is 5.08. The molecule has 0 aromatic heterocycles. The maximum absolute atomic E-state index is 11.1. The van der Waals surface area contributed by atoms with Gasteiger partial charge in [0.2, 0.25) is 0 Å². The molecule has 0 aliphatic carbocycles. The number of hydrogen-bond donors (Lipinski definition) is 5. The molecular weight excluding hydrogens is 476 g/mol. The van der Waals surface area contributed by atoms with Crippen molar-refractivity contribution in [2.24, 2.45) is 0 Å². The van der Waals surface area contributed by atoms with E-state index in [1.54, 1.807) is 19.1 Å². The Morgan fingerprint density at radius 2 is 1.76 bits per heavy atom. The number of aliphatic hydroxyl groups is 1. The minimum absolute atomic E-state index is 0. The van der Waals surface area contributed by atoms with Gasteiger partial charge < -0.3 is 24.5 Å². The van der Waals surface area contributed by atoms with Crippen LogP contribution in [-0.4, -0.2) is 44.4 Å². The van der Waals surface area contributed by atoms with Crippen molar-refractivity contribution in [3.8, 4) is 5.75 Å². The van der Waals surface area contributed by atoms with Crippen LogP contribution in [0, 0.1) is 6.92 Å². The SMILES string of the molecule is CC.CCCOO.Cc1cc(CC(=O)O)c(C(C)(C)CCO)c(OP(O)O)c1.[Y]. The molecule has 0 saturated heterocycles. The molecule has 0 saturated carbocycles. The predicted molar refractivity (Wildman–Crippen MR) is 109 cm³/mol. The number of hydrogen-bond acceptors (Lipinski definition) is 7. The van der Waals surface area contributed by atoms with Gasteiger partial charge in [0.25, 0.3) is 0 Å². The van der Waals surface area contributed by atoms with Crippen molar-refractivity contribution >= 4 is 14.6 Å². The van der Waals surface area contributed by atoms with E-state index < -0.39 is 20.0 Å². The summed E-state index contributed by atoms with van der Waals surface area (Å²) in [7, 11) is -2.60. The molecule has 167 valence electrons. The van der Waals surface area contributed by atoms with Gasteiger partial charge in [-0.15, -0.1) is 0 Å². The molecule has 29 heavy (non-hydrogen) atoms. The predicted octanol–water partition coefficient (Wildman–Crippen LogP) is 3.78. The van der Waals surface area contributed by atoms with Gasteiger partial charge in [0.1, 0.15) is 5.75 Å². The van der Waals surface area contributed by atoms with E-state index in [0.29, 0.717) is 24.2 Å². The molecule has 8 nitrogen and oxygen atoms in total. The Bertz CT molecular complexity index is 565. The molecule has 5 N–H and O–H groups in total. The van der Waals surface area contributed by atoms with Crippen LogP contribution in [0.4, 0.5) is 0 Å². The first kappa shape index (κ1) is 33.5. The fraction of sp³-hybridized carbons (Fsp3) is 0.632. The molecule has 0 bridgehead atoms. The number of carboxylic acids is 1. The molecule has 0 atom stereocenters. The van der Waals surface area contributed by atoms with Crippen molar-refractivity contribution < 1.29 is 72.2 Å². The second-order valence-corrected chi connectivity index (χ2v) is 7.09. The number of carbonyl (C=O) groups is 1. The van der Waals surface area contributed by atoms with Crippen LogP contribution in [0.15, 0.2) is 12.1 Å². The first-order chi connectivity index (χ1) is 13.1. The largest absolute Gasteiger partial charge is 0.481 e. The maximum Gasteiger partial charge on any atom is 0.391 e. The van der Waals surface area contributed by atoms with Crippen LogP contribution in [0.1, 0.15) is 64.2 Å². The van der Waals surface area contributed by atoms with Crippen LogP contribution in [0.25, 0.3) is 0 Å². The summed E-state index contributed by atoms with van der Waals surface area (Å²) in [5.74, 6) is -0.733. The number of aliphatic hydroxyl groups excluding tert-OH is 1. The van der Waals surface area contributed by atoms with E-state index in [-0.39, 0.29) is 51.5 Å². The van der Waals surface area contributed by atoms with Crippen molar-refractivity contribution in [2.45, 2.75) is 66.2 Å². The summed E-state index contributed by atoms with van der Waals surface area (Å²) in [4.78, 5) is 33.0. The van der Waals surface area contributed by atoms with Crippen molar-refractivity contribution in [3.63, 3.8) is 0 Å². The zero-order valence-electron chi connectivity index (χ0n) is 18.2. The van der Waals surface area contributed by atoms with Crippen LogP contribution in [-0.2, 0) is 54.2 Å². The number of rotatable bonds is 9. The van der Waals surface area contributed by atoms with E-state index in [1.807, 2.05) is 34.6 Å². The number of benzene rings is 1. The van der Waals surface area contributed by atoms with E-state index >= 15 is 0 Å². The molecule has 1 aromatic rings. The number of aryl methyl sites for hydroxylation is 1. The third kappa shape index (κ3) is 14.5. The zero-order chi connectivity index (χ0) is 22.3. The van der Waals surface area contributed by atoms with Crippen molar-refractivity contribution in [3.05, 3.63) is 28.8 Å². The molecule has 0 aliphatic heterocycles. The van der Waals surface area contributed by atoms with Gasteiger partial charge in [0.15, 0.2) is 0 Å². The molecule has 0 spiro atoms. The molecule has 1 rings (SSSR count). The minimum Gasteiger partial charge on any atom is -0.481 e. The smallest absolute Gasteiger partial charge is 0.391 e. The monoisotopic (exact) mass is 511 g/mol. The Kier molecular flexibility index (Phi) is 21.4. The van der Waals surface area contributed by atoms with E-state index in [0.717, 1.165) is 12.0 Å². The Labute approximate surface area is 200 Å². The van der Waals surface area contributed by atoms with E-state index in [9.17, 15) is 9.90 Å². The van der Waals surface area contributed by atoms with Crippen LogP contribution in [0.5, 0.6) is 5.75 Å². The van der Waals surface area contributed by atoms with Crippen LogP contribution in [0.3, 0.4) is 0 Å². The van der Waals surface area contributed by atoms with Crippen molar-refractivity contribution in [1.82, 2.24) is 0 Å². The molecule has 10 heteroatoms. The quantitative estimate of drug-likeness (QED) is 0.192. The normalized spacial score (nSPS) is 10.2. The molecule has 1 aromatic carbocycles. The zero-order valence-corrected chi connectivity index (χ0v) is 21.9. The van der Waals surface area contributed by atoms with Gasteiger partial charge in [0, 0.05) is 44.9 Å². The van der Waals surface area contributed by atoms with Gasteiger partial charge >= 0.3 is 14.6 Å². The molecule has 0 fully saturated rings. The Hall–Kier alpha value is -0.176. The Morgan fingerprint density at radius 3 is 2.10 bits per heavy atom. The molecule has 0 aliphatic rings. The van der Waals surface area contributed by atoms with Gasteiger partial charge in [-0.3, -0.25) is 10.1 Å². The van der Waals surface area contributed by atoms with Crippen LogP contribution < -0.4 is 4.52 Å². The molecule has 1 radical (unpaired) electrons. The van der Waals surface area contributed by atoms with Gasteiger partial charge in [0.05, 0.1) is 13.0 Å². The summed E-state index contributed by atoms with van der Waals surface area (Å²) in [6.07, 6.45) is 1.07. The molecule has 0 unspecified atom stereocenters. The van der Waals surface area contributed by atoms with Crippen molar-refractivity contribution in [2.75, 3.05) is 13.2 Å². The van der Waals surface area contributed by atoms with E-state index in [1.165, 1.54) is 0 Å². The summed E-state index contributed by atoms with van der Waals surface area (Å²) in [6.45, 7) is 11.8. The fourth-order valence-electron chi connectivity index (χ4n) is 2.55. The van der Waals surface area contributed by atoms with Crippen molar-refractivity contribution in [1.29, 1.82) is 0 Å². The minimum atomic E-state index is -2.60. The first-order valence-corrected chi connectivity index (χ1v) is 10.3. The maximum atomic E-state index is 11.1. The van der Waals surface area contributed by atoms with Gasteiger partial charge in [-0.25, -0.2) is 4.89 Å². The standard InChI is InChI=1S/C14H21O6P.C3H8O2.C2H6.Y/c1-9-6-10(8-12(16)17)13(14(2,3)4-5-15)11(7-9)20-21(18)19;1-2-3-5-4;1-2;/h6-7,15,18-19H,4-5,8H2,1-3H3,(H,16,17);4H,2-3H2,1H3;1-2H3;. The number of aliphatic carboxylic acids is 1. The Morgan fingerprint density at radius 1 is 1.21 bits per heavy atom. The molecular formula is C19H35O8PY. The average molecular weight is 511 g/mol. The third-order valence-corrected chi connectivity index (χ3v) is 3.92. The summed E-state index contributed by atoms with van der Waals surface area (Å²) in [5, 5.41) is 25.8. The van der Waals surface area contributed by atoms with E-state index in [4.69, 9.17) is 24.7 Å². The summed E-state index contributed by atoms with van der Waals surface area (Å²) in [6, 6.07) is 3.38. The van der Waals surface area contributed by atoms with Gasteiger partial charge in [-0.2, -0.15) is 0 Å².